The summed E-state index contributed by atoms with van der Waals surface area (Å²) in [6.45, 7) is 2.33. The molecular formula is C11H18N2O6. The summed E-state index contributed by atoms with van der Waals surface area (Å²) in [5, 5.41) is 10.5. The van der Waals surface area contributed by atoms with Gasteiger partial charge in [-0.1, -0.05) is 0 Å². The Kier molecular flexibility index (Phi) is 6.23. The Morgan fingerprint density at radius 3 is 2.84 bits per heavy atom. The monoisotopic (exact) mass is 274 g/mol. The number of hydrogen-bond acceptors (Lipinski definition) is 5. The van der Waals surface area contributed by atoms with Crippen LogP contribution in [-0.2, 0) is 19.1 Å². The molecule has 8 nitrogen and oxygen atoms in total. The molecule has 1 saturated heterocycles. The largest absolute Gasteiger partial charge is 0.480 e. The quantitative estimate of drug-likeness (QED) is 0.711. The molecular weight excluding hydrogens is 256 g/mol. The molecule has 1 aliphatic rings. The van der Waals surface area contributed by atoms with Gasteiger partial charge in [-0.05, 0) is 13.3 Å². The van der Waals surface area contributed by atoms with Gasteiger partial charge in [-0.15, -0.1) is 0 Å². The van der Waals surface area contributed by atoms with Gasteiger partial charge in [0.1, 0.15) is 13.2 Å². The van der Waals surface area contributed by atoms with Gasteiger partial charge in [0.25, 0.3) is 5.91 Å². The second kappa shape index (κ2) is 7.70. The van der Waals surface area contributed by atoms with Gasteiger partial charge >= 0.3 is 12.0 Å². The highest BCUT2D eigenvalue weighted by atomic mass is 16.5. The van der Waals surface area contributed by atoms with Crippen LogP contribution in [0.3, 0.4) is 0 Å². The maximum Gasteiger partial charge on any atom is 0.329 e. The molecule has 1 unspecified atom stereocenters. The topological polar surface area (TPSA) is 105 Å². The van der Waals surface area contributed by atoms with Crippen LogP contribution < -0.4 is 5.32 Å². The number of nitrogens with zero attached hydrogens (tertiary/aromatic N) is 1. The third kappa shape index (κ3) is 6.16. The number of ether oxygens (including phenoxy) is 2. The van der Waals surface area contributed by atoms with Gasteiger partial charge in [0.15, 0.2) is 0 Å². The van der Waals surface area contributed by atoms with E-state index in [2.05, 4.69) is 10.1 Å². The minimum atomic E-state index is -1.17. The van der Waals surface area contributed by atoms with E-state index in [9.17, 15) is 14.4 Å². The molecule has 1 aliphatic heterocycles. The van der Waals surface area contributed by atoms with Gasteiger partial charge in [-0.25, -0.2) is 9.59 Å². The maximum absolute atomic E-state index is 11.8. The van der Waals surface area contributed by atoms with E-state index in [0.29, 0.717) is 26.1 Å². The van der Waals surface area contributed by atoms with Crippen molar-refractivity contribution in [1.29, 1.82) is 0 Å². The molecule has 2 N–H and O–H groups in total. The molecule has 1 atom stereocenters. The number of imide groups is 1. The van der Waals surface area contributed by atoms with Crippen molar-refractivity contribution in [3.63, 3.8) is 0 Å². The molecule has 3 amide bonds. The van der Waals surface area contributed by atoms with E-state index >= 15 is 0 Å². The van der Waals surface area contributed by atoms with Crippen LogP contribution in [0.4, 0.5) is 4.79 Å². The summed E-state index contributed by atoms with van der Waals surface area (Å²) >= 11 is 0. The smallest absolute Gasteiger partial charge is 0.329 e. The number of amides is 3. The van der Waals surface area contributed by atoms with Crippen molar-refractivity contribution >= 4 is 17.9 Å². The average molecular weight is 274 g/mol. The van der Waals surface area contributed by atoms with Crippen LogP contribution in [0.15, 0.2) is 0 Å². The standard InChI is InChI=1S/C11H18N2O6/c1-8-5-13(3-2-4-19-8)11(17)12-9(14)6-18-7-10(15)16/h8H,2-7H2,1H3,(H,15,16)(H,12,14,17). The van der Waals surface area contributed by atoms with Gasteiger partial charge in [-0.2, -0.15) is 0 Å². The molecule has 0 saturated carbocycles. The third-order valence-electron chi connectivity index (χ3n) is 2.44. The number of rotatable bonds is 4. The summed E-state index contributed by atoms with van der Waals surface area (Å²) in [7, 11) is 0. The number of carboxylic acids is 1. The van der Waals surface area contributed by atoms with E-state index in [4.69, 9.17) is 9.84 Å². The van der Waals surface area contributed by atoms with Crippen LogP contribution >= 0.6 is 0 Å². The van der Waals surface area contributed by atoms with E-state index in [1.54, 1.807) is 0 Å². The Balaban J connectivity index is 2.32. The minimum absolute atomic E-state index is 0.0772. The number of nitrogens with one attached hydrogen (secondary N) is 1. The minimum Gasteiger partial charge on any atom is -0.480 e. The SMILES string of the molecule is CC1CN(C(=O)NC(=O)COCC(=O)O)CCCO1. The molecule has 0 radical (unpaired) electrons. The summed E-state index contributed by atoms with van der Waals surface area (Å²) in [6, 6.07) is -0.513. The normalized spacial score (nSPS) is 19.6. The van der Waals surface area contributed by atoms with E-state index in [1.165, 1.54) is 4.90 Å². The molecule has 0 aliphatic carbocycles. The number of carbonyl (C=O) groups is 3. The molecule has 1 heterocycles. The fourth-order valence-electron chi connectivity index (χ4n) is 1.64. The van der Waals surface area contributed by atoms with Crippen molar-refractivity contribution in [2.24, 2.45) is 0 Å². The van der Waals surface area contributed by atoms with Gasteiger partial charge in [0.2, 0.25) is 0 Å². The van der Waals surface area contributed by atoms with E-state index in [-0.39, 0.29) is 6.10 Å². The zero-order chi connectivity index (χ0) is 14.3. The van der Waals surface area contributed by atoms with Crippen molar-refractivity contribution in [3.8, 4) is 0 Å². The Labute approximate surface area is 110 Å². The first-order valence-corrected chi connectivity index (χ1v) is 5.99. The Morgan fingerprint density at radius 2 is 2.16 bits per heavy atom. The van der Waals surface area contributed by atoms with Crippen LogP contribution in [0.2, 0.25) is 0 Å². The zero-order valence-electron chi connectivity index (χ0n) is 10.8. The number of hydrogen-bond donors (Lipinski definition) is 2. The summed E-state index contributed by atoms with van der Waals surface area (Å²) in [4.78, 5) is 34.8. The molecule has 1 fully saturated rings. The molecule has 0 aromatic carbocycles. The van der Waals surface area contributed by atoms with Gasteiger partial charge in [0, 0.05) is 19.7 Å². The Bertz CT molecular complexity index is 346. The average Bonchev–Trinajstić information content (AvgIpc) is 2.53. The zero-order valence-corrected chi connectivity index (χ0v) is 10.8. The highest BCUT2D eigenvalue weighted by molar-refractivity contribution is 5.95. The van der Waals surface area contributed by atoms with Crippen LogP contribution in [0.5, 0.6) is 0 Å². The highest BCUT2D eigenvalue weighted by Gasteiger charge is 2.21. The molecule has 0 spiro atoms. The number of carbonyl (C=O) groups excluding carboxylic acids is 2. The van der Waals surface area contributed by atoms with E-state index < -0.39 is 31.1 Å². The first-order valence-electron chi connectivity index (χ1n) is 5.99. The van der Waals surface area contributed by atoms with Gasteiger partial charge in [-0.3, -0.25) is 10.1 Å². The van der Waals surface area contributed by atoms with Gasteiger partial charge < -0.3 is 19.5 Å². The first kappa shape index (κ1) is 15.4. The fourth-order valence-corrected chi connectivity index (χ4v) is 1.64. The lowest BCUT2D eigenvalue weighted by Crippen LogP contribution is -2.46. The molecule has 0 bridgehead atoms. The Hall–Kier alpha value is -1.67. The summed E-state index contributed by atoms with van der Waals surface area (Å²) in [5.41, 5.74) is 0. The van der Waals surface area contributed by atoms with Crippen molar-refractivity contribution < 1.29 is 29.0 Å². The van der Waals surface area contributed by atoms with Crippen molar-refractivity contribution in [1.82, 2.24) is 10.2 Å². The predicted octanol–water partition coefficient (Wildman–Crippen LogP) is -0.565. The van der Waals surface area contributed by atoms with Gasteiger partial charge in [0.05, 0.1) is 6.10 Å². The number of aliphatic carboxylic acids is 1. The molecule has 1 rings (SSSR count). The second-order valence-corrected chi connectivity index (χ2v) is 4.22. The predicted molar refractivity (Wildman–Crippen MR) is 63.6 cm³/mol. The Morgan fingerprint density at radius 1 is 1.42 bits per heavy atom. The van der Waals surface area contributed by atoms with Crippen molar-refractivity contribution in [2.75, 3.05) is 32.9 Å². The fraction of sp³-hybridized carbons (Fsp3) is 0.727. The molecule has 19 heavy (non-hydrogen) atoms. The summed E-state index contributed by atoms with van der Waals surface area (Å²) in [6.07, 6.45) is 0.633. The summed E-state index contributed by atoms with van der Waals surface area (Å²) < 4.78 is 9.97. The van der Waals surface area contributed by atoms with E-state index in [0.717, 1.165) is 0 Å². The lowest BCUT2D eigenvalue weighted by Gasteiger charge is -2.21. The lowest BCUT2D eigenvalue weighted by molar-refractivity contribution is -0.143. The number of urea groups is 1. The summed E-state index contributed by atoms with van der Waals surface area (Å²) in [5.74, 6) is -1.83. The lowest BCUT2D eigenvalue weighted by atomic mass is 10.3. The maximum atomic E-state index is 11.8. The van der Waals surface area contributed by atoms with Crippen molar-refractivity contribution in [3.05, 3.63) is 0 Å². The molecule has 0 aromatic heterocycles. The highest BCUT2D eigenvalue weighted by Crippen LogP contribution is 2.05. The van der Waals surface area contributed by atoms with Crippen LogP contribution in [0.1, 0.15) is 13.3 Å². The number of carboxylic acid groups (broad SMARTS) is 1. The van der Waals surface area contributed by atoms with Crippen LogP contribution in [0.25, 0.3) is 0 Å². The molecule has 108 valence electrons. The molecule has 0 aromatic rings. The molecule has 8 heteroatoms. The van der Waals surface area contributed by atoms with Crippen LogP contribution in [-0.4, -0.2) is 66.9 Å². The first-order chi connectivity index (χ1) is 8.99. The second-order valence-electron chi connectivity index (χ2n) is 4.22. The van der Waals surface area contributed by atoms with Crippen LogP contribution in [0, 0.1) is 0 Å². The van der Waals surface area contributed by atoms with E-state index in [1.807, 2.05) is 6.92 Å². The third-order valence-corrected chi connectivity index (χ3v) is 2.44. The van der Waals surface area contributed by atoms with Crippen molar-refractivity contribution in [2.45, 2.75) is 19.4 Å².